The van der Waals surface area contributed by atoms with E-state index in [1.54, 1.807) is 23.2 Å². The Morgan fingerprint density at radius 3 is 2.39 bits per heavy atom. The number of carbonyl (C=O) groups is 2. The van der Waals surface area contributed by atoms with Crippen molar-refractivity contribution in [2.24, 2.45) is 0 Å². The van der Waals surface area contributed by atoms with Gasteiger partial charge in [-0.15, -0.1) is 0 Å². The quantitative estimate of drug-likeness (QED) is 0.565. The Morgan fingerprint density at radius 1 is 1.03 bits per heavy atom. The van der Waals surface area contributed by atoms with Gasteiger partial charge in [-0.1, -0.05) is 51.5 Å². The predicted molar refractivity (Wildman–Crippen MR) is 129 cm³/mol. The van der Waals surface area contributed by atoms with Crippen molar-refractivity contribution in [2.75, 3.05) is 6.54 Å². The van der Waals surface area contributed by atoms with Crippen molar-refractivity contribution in [3.05, 3.63) is 63.8 Å². The first-order valence-electron chi connectivity index (χ1n) is 12.3. The second-order valence-electron chi connectivity index (χ2n) is 8.85. The fraction of sp³-hybridized carbons (Fsp3) is 0.538. The van der Waals surface area contributed by atoms with Gasteiger partial charge in [0.2, 0.25) is 5.43 Å². The van der Waals surface area contributed by atoms with Crippen LogP contribution in [0.2, 0.25) is 0 Å². The van der Waals surface area contributed by atoms with Gasteiger partial charge in [0, 0.05) is 49.8 Å². The maximum Gasteiger partial charge on any atom is 0.256 e. The number of amides is 2. The monoisotopic (exact) mass is 452 g/mol. The van der Waals surface area contributed by atoms with Gasteiger partial charge in [-0.05, 0) is 31.4 Å². The maximum atomic E-state index is 13.1. The van der Waals surface area contributed by atoms with Crippen LogP contribution in [0.25, 0.3) is 0 Å². The van der Waals surface area contributed by atoms with Crippen LogP contribution in [0.5, 0.6) is 0 Å². The summed E-state index contributed by atoms with van der Waals surface area (Å²) in [4.78, 5) is 43.3. The summed E-state index contributed by atoms with van der Waals surface area (Å²) in [5, 5.41) is 5.88. The van der Waals surface area contributed by atoms with Crippen LogP contribution in [0.15, 0.2) is 41.6 Å². The number of pyridine rings is 2. The van der Waals surface area contributed by atoms with E-state index in [-0.39, 0.29) is 23.1 Å². The third-order valence-electron chi connectivity index (χ3n) is 6.18. The smallest absolute Gasteiger partial charge is 0.256 e. The molecule has 0 saturated heterocycles. The molecule has 1 saturated carbocycles. The van der Waals surface area contributed by atoms with Gasteiger partial charge in [-0.2, -0.15) is 0 Å². The summed E-state index contributed by atoms with van der Waals surface area (Å²) >= 11 is 0. The van der Waals surface area contributed by atoms with Crippen molar-refractivity contribution >= 4 is 11.8 Å². The summed E-state index contributed by atoms with van der Waals surface area (Å²) in [5.41, 5.74) is 0.436. The summed E-state index contributed by atoms with van der Waals surface area (Å²) in [7, 11) is 0. The van der Waals surface area contributed by atoms with Crippen molar-refractivity contribution in [3.8, 4) is 0 Å². The summed E-state index contributed by atoms with van der Waals surface area (Å²) in [6, 6.07) is 5.79. The molecule has 0 aromatic carbocycles. The summed E-state index contributed by atoms with van der Waals surface area (Å²) in [6.07, 6.45) is 14.9. The minimum Gasteiger partial charge on any atom is -0.352 e. The first kappa shape index (κ1) is 24.7. The number of hydrogen-bond donors (Lipinski definition) is 2. The second-order valence-corrected chi connectivity index (χ2v) is 8.85. The Labute approximate surface area is 196 Å². The molecular weight excluding hydrogens is 416 g/mol. The van der Waals surface area contributed by atoms with Crippen molar-refractivity contribution in [1.82, 2.24) is 20.2 Å². The molecule has 2 aromatic heterocycles. The van der Waals surface area contributed by atoms with Crippen LogP contribution in [0, 0.1) is 0 Å². The highest BCUT2D eigenvalue weighted by Crippen LogP contribution is 2.17. The summed E-state index contributed by atoms with van der Waals surface area (Å²) in [5.74, 6) is -0.819. The standard InChI is InChI=1S/C26H36N4O3/c1-2-3-15-28-25(32)22-18-30(17-14-20-11-9-10-16-27-20)19-23(24(22)31)26(33)29-21-12-7-5-4-6-8-13-21/h9-11,16,18-19,21H,2-8,12-15,17H2,1H3,(H,28,32)(H,29,33). The molecule has 1 aliphatic carbocycles. The molecule has 2 N–H and O–H groups in total. The number of unbranched alkanes of at least 4 members (excludes halogenated alkanes) is 1. The molecule has 33 heavy (non-hydrogen) atoms. The molecule has 0 atom stereocenters. The van der Waals surface area contributed by atoms with E-state index in [2.05, 4.69) is 15.6 Å². The first-order valence-corrected chi connectivity index (χ1v) is 12.3. The lowest BCUT2D eigenvalue weighted by atomic mass is 9.96. The van der Waals surface area contributed by atoms with E-state index in [1.807, 2.05) is 25.1 Å². The minimum atomic E-state index is -0.513. The van der Waals surface area contributed by atoms with Crippen molar-refractivity contribution in [1.29, 1.82) is 0 Å². The SMILES string of the molecule is CCCCNC(=O)c1cn(CCc2ccccn2)cc(C(=O)NC2CCCCCCC2)c1=O. The highest BCUT2D eigenvalue weighted by atomic mass is 16.2. The zero-order valence-corrected chi connectivity index (χ0v) is 19.6. The van der Waals surface area contributed by atoms with E-state index in [1.165, 1.54) is 19.3 Å². The van der Waals surface area contributed by atoms with E-state index in [9.17, 15) is 14.4 Å². The van der Waals surface area contributed by atoms with Crippen LogP contribution in [0.4, 0.5) is 0 Å². The number of nitrogens with one attached hydrogen (secondary N) is 2. The number of aromatic nitrogens is 2. The van der Waals surface area contributed by atoms with Crippen LogP contribution in [0.1, 0.15) is 91.1 Å². The van der Waals surface area contributed by atoms with Gasteiger partial charge in [-0.25, -0.2) is 0 Å². The Hall–Kier alpha value is -2.96. The largest absolute Gasteiger partial charge is 0.352 e. The van der Waals surface area contributed by atoms with Crippen molar-refractivity contribution < 1.29 is 9.59 Å². The highest BCUT2D eigenvalue weighted by molar-refractivity contribution is 5.99. The molecule has 178 valence electrons. The van der Waals surface area contributed by atoms with Gasteiger partial charge < -0.3 is 15.2 Å². The zero-order chi connectivity index (χ0) is 23.5. The molecule has 2 aromatic rings. The van der Waals surface area contributed by atoms with Gasteiger partial charge in [0.15, 0.2) is 0 Å². The molecule has 7 heteroatoms. The van der Waals surface area contributed by atoms with Crippen LogP contribution in [-0.2, 0) is 13.0 Å². The average molecular weight is 453 g/mol. The number of rotatable bonds is 9. The fourth-order valence-corrected chi connectivity index (χ4v) is 4.21. The normalized spacial score (nSPS) is 14.8. The van der Waals surface area contributed by atoms with Gasteiger partial charge in [0.1, 0.15) is 11.1 Å². The molecule has 0 radical (unpaired) electrons. The molecule has 3 rings (SSSR count). The molecule has 1 aliphatic rings. The van der Waals surface area contributed by atoms with E-state index in [0.29, 0.717) is 19.5 Å². The van der Waals surface area contributed by atoms with Crippen LogP contribution < -0.4 is 16.1 Å². The van der Waals surface area contributed by atoms with E-state index < -0.39 is 11.3 Å². The fourth-order valence-electron chi connectivity index (χ4n) is 4.21. The number of aryl methyl sites for hydroxylation is 2. The van der Waals surface area contributed by atoms with Crippen molar-refractivity contribution in [2.45, 2.75) is 83.7 Å². The molecule has 0 spiro atoms. The lowest BCUT2D eigenvalue weighted by molar-refractivity contribution is 0.0928. The lowest BCUT2D eigenvalue weighted by Crippen LogP contribution is -2.40. The average Bonchev–Trinajstić information content (AvgIpc) is 2.80. The molecular formula is C26H36N4O3. The topological polar surface area (TPSA) is 93.1 Å². The molecule has 0 bridgehead atoms. The Bertz CT molecular complexity index is 963. The van der Waals surface area contributed by atoms with E-state index in [0.717, 1.165) is 44.2 Å². The minimum absolute atomic E-state index is 0.0115. The number of carbonyl (C=O) groups excluding carboxylic acids is 2. The zero-order valence-electron chi connectivity index (χ0n) is 19.6. The molecule has 2 amide bonds. The second kappa shape index (κ2) is 12.9. The molecule has 0 unspecified atom stereocenters. The summed E-state index contributed by atoms with van der Waals surface area (Å²) in [6.45, 7) is 3.05. The van der Waals surface area contributed by atoms with Gasteiger partial charge in [0.05, 0.1) is 0 Å². The Balaban J connectivity index is 1.82. The van der Waals surface area contributed by atoms with Crippen LogP contribution in [0.3, 0.4) is 0 Å². The third kappa shape index (κ3) is 7.55. The Kier molecular flexibility index (Phi) is 9.66. The predicted octanol–water partition coefficient (Wildman–Crippen LogP) is 3.86. The molecule has 1 fully saturated rings. The van der Waals surface area contributed by atoms with Crippen molar-refractivity contribution in [3.63, 3.8) is 0 Å². The first-order chi connectivity index (χ1) is 16.1. The van der Waals surface area contributed by atoms with Crippen LogP contribution in [-0.4, -0.2) is 34.0 Å². The Morgan fingerprint density at radius 2 is 1.73 bits per heavy atom. The van der Waals surface area contributed by atoms with Gasteiger partial charge >= 0.3 is 0 Å². The maximum absolute atomic E-state index is 13.1. The van der Waals surface area contributed by atoms with Gasteiger partial charge in [0.25, 0.3) is 11.8 Å². The van der Waals surface area contributed by atoms with Gasteiger partial charge in [-0.3, -0.25) is 19.4 Å². The van der Waals surface area contributed by atoms with E-state index >= 15 is 0 Å². The molecule has 2 heterocycles. The lowest BCUT2D eigenvalue weighted by Gasteiger charge is -2.21. The summed E-state index contributed by atoms with van der Waals surface area (Å²) < 4.78 is 1.76. The number of nitrogens with zero attached hydrogens (tertiary/aromatic N) is 2. The van der Waals surface area contributed by atoms with E-state index in [4.69, 9.17) is 0 Å². The van der Waals surface area contributed by atoms with Crippen LogP contribution >= 0.6 is 0 Å². The third-order valence-corrected chi connectivity index (χ3v) is 6.18. The number of hydrogen-bond acceptors (Lipinski definition) is 4. The molecule has 7 nitrogen and oxygen atoms in total. The molecule has 0 aliphatic heterocycles. The highest BCUT2D eigenvalue weighted by Gasteiger charge is 2.22.